The second kappa shape index (κ2) is 7.94. The van der Waals surface area contributed by atoms with Gasteiger partial charge in [-0.2, -0.15) is 10.6 Å². The fourth-order valence-corrected chi connectivity index (χ4v) is 6.36. The van der Waals surface area contributed by atoms with Crippen LogP contribution < -0.4 is 15.8 Å². The van der Waals surface area contributed by atoms with Crippen molar-refractivity contribution in [3.63, 3.8) is 0 Å². The van der Waals surface area contributed by atoms with Gasteiger partial charge in [0.25, 0.3) is 5.91 Å². The van der Waals surface area contributed by atoms with Gasteiger partial charge in [-0.3, -0.25) is 18.9 Å². The number of amidine groups is 1. The normalized spacial score (nSPS) is 26.2. The number of pyridine rings is 1. The van der Waals surface area contributed by atoms with Crippen molar-refractivity contribution in [1.82, 2.24) is 4.98 Å². The number of carbonyl (C=O) groups is 1. The Labute approximate surface area is 192 Å². The maximum absolute atomic E-state index is 15.1. The number of aromatic nitrogens is 1. The number of halogens is 1. The van der Waals surface area contributed by atoms with E-state index in [1.54, 1.807) is 26.8 Å². The first-order valence-corrected chi connectivity index (χ1v) is 11.9. The summed E-state index contributed by atoms with van der Waals surface area (Å²) >= 11 is 0. The molecular weight excluding hydrogens is 451 g/mol. The molecule has 2 aromatic rings. The molecule has 0 spiro atoms. The summed E-state index contributed by atoms with van der Waals surface area (Å²) in [5.41, 5.74) is 5.88. The maximum Gasteiger partial charge on any atom is 0.274 e. The van der Waals surface area contributed by atoms with E-state index in [0.717, 1.165) is 0 Å². The van der Waals surface area contributed by atoms with Gasteiger partial charge >= 0.3 is 0 Å². The monoisotopic (exact) mass is 478 g/mol. The number of anilines is 1. The zero-order valence-electron chi connectivity index (χ0n) is 18.8. The van der Waals surface area contributed by atoms with E-state index in [2.05, 4.69) is 15.3 Å². The summed E-state index contributed by atoms with van der Waals surface area (Å²) in [6, 6.07) is 5.72. The highest BCUT2D eigenvalue weighted by Crippen LogP contribution is 2.66. The predicted octanol–water partition coefficient (Wildman–Crippen LogP) is 3.28. The van der Waals surface area contributed by atoms with Crippen molar-refractivity contribution in [3.05, 3.63) is 53.1 Å². The highest BCUT2D eigenvalue weighted by atomic mass is 32.3. The van der Waals surface area contributed by atoms with E-state index in [1.807, 2.05) is 0 Å². The number of nitrogens with two attached hydrogens (primary N) is 1. The second-order valence-corrected chi connectivity index (χ2v) is 11.5. The van der Waals surface area contributed by atoms with Gasteiger partial charge in [-0.1, -0.05) is 0 Å². The zero-order chi connectivity index (χ0) is 24.2. The molecule has 3 heterocycles. The van der Waals surface area contributed by atoms with Crippen LogP contribution >= 0.6 is 10.6 Å². The van der Waals surface area contributed by atoms with E-state index in [4.69, 9.17) is 15.2 Å². The Kier molecular flexibility index (Phi) is 5.64. The van der Waals surface area contributed by atoms with Gasteiger partial charge in [0.1, 0.15) is 38.6 Å². The van der Waals surface area contributed by atoms with Crippen LogP contribution in [-0.2, 0) is 10.3 Å². The summed E-state index contributed by atoms with van der Waals surface area (Å²) < 4.78 is 46.8. The van der Waals surface area contributed by atoms with Crippen molar-refractivity contribution >= 4 is 28.0 Å². The van der Waals surface area contributed by atoms with Crippen LogP contribution in [0, 0.1) is 12.7 Å². The van der Waals surface area contributed by atoms with E-state index in [-0.39, 0.29) is 30.3 Å². The number of carbonyl (C=O) groups excluding carboxylic acids is 1. The maximum atomic E-state index is 15.1. The summed E-state index contributed by atoms with van der Waals surface area (Å²) in [4.78, 5) is 21.5. The van der Waals surface area contributed by atoms with Crippen LogP contribution in [0.4, 0.5) is 10.1 Å². The molecule has 178 valence electrons. The van der Waals surface area contributed by atoms with Crippen molar-refractivity contribution in [2.45, 2.75) is 36.3 Å². The van der Waals surface area contributed by atoms with Crippen LogP contribution in [0.25, 0.3) is 0 Å². The molecule has 0 unspecified atom stereocenters. The molecule has 2 atom stereocenters. The minimum Gasteiger partial charge on any atom is -0.495 e. The fourth-order valence-electron chi connectivity index (χ4n) is 4.22. The first-order valence-electron chi connectivity index (χ1n) is 10.3. The number of benzene rings is 1. The number of amides is 1. The summed E-state index contributed by atoms with van der Waals surface area (Å²) in [6.07, 6.45) is 1.43. The molecule has 2 aliphatic rings. The Morgan fingerprint density at radius 1 is 1.36 bits per heavy atom. The Bertz CT molecular complexity index is 1160. The predicted molar refractivity (Wildman–Crippen MR) is 125 cm³/mol. The van der Waals surface area contributed by atoms with Crippen molar-refractivity contribution in [2.24, 2.45) is 10.7 Å². The fraction of sp³-hybridized carbons (Fsp3) is 0.409. The molecule has 0 radical (unpaired) electrons. The number of nitrogens with zero attached hydrogens (tertiary/aromatic N) is 2. The van der Waals surface area contributed by atoms with Gasteiger partial charge in [-0.05, 0) is 50.6 Å². The Balaban J connectivity index is 1.74. The highest BCUT2D eigenvalue weighted by molar-refractivity contribution is 8.26. The van der Waals surface area contributed by atoms with Crippen molar-refractivity contribution in [3.8, 4) is 5.75 Å². The quantitative estimate of drug-likeness (QED) is 0.529. The number of ether oxygens (including phenoxy) is 2. The van der Waals surface area contributed by atoms with Crippen LogP contribution in [0.3, 0.4) is 0 Å². The molecule has 2 aliphatic heterocycles. The molecule has 11 heteroatoms. The number of hydrogen-bond acceptors (Lipinski definition) is 8. The van der Waals surface area contributed by atoms with Crippen LogP contribution in [0.5, 0.6) is 5.75 Å². The third-order valence-electron chi connectivity index (χ3n) is 6.40. The lowest BCUT2D eigenvalue weighted by Gasteiger charge is -2.56. The first kappa shape index (κ1) is 23.4. The number of fused-ring (bicyclic) bond motifs is 1. The van der Waals surface area contributed by atoms with Gasteiger partial charge in [-0.15, -0.1) is 0 Å². The van der Waals surface area contributed by atoms with Crippen LogP contribution in [0.2, 0.25) is 0 Å². The molecule has 1 aromatic carbocycles. The van der Waals surface area contributed by atoms with Gasteiger partial charge in [-0.25, -0.2) is 9.37 Å². The number of aryl methyl sites for hydroxylation is 1. The third kappa shape index (κ3) is 3.55. The number of aliphatic imine (C=N–C) groups is 1. The number of hydrogen-bond donors (Lipinski definition) is 4. The van der Waals surface area contributed by atoms with Gasteiger partial charge in [0.2, 0.25) is 0 Å². The molecule has 0 saturated carbocycles. The molecule has 1 amide bonds. The average molecular weight is 479 g/mol. The van der Waals surface area contributed by atoms with E-state index in [0.29, 0.717) is 17.0 Å². The largest absolute Gasteiger partial charge is 0.495 e. The molecule has 0 aliphatic carbocycles. The van der Waals surface area contributed by atoms with Gasteiger partial charge in [0, 0.05) is 11.3 Å². The SMILES string of the molecule is COc1cnc(C(=O)Nc2ccc(F)c([C@]34COC[C@H]3S(O)(O)C(C)(C)C(N)=N4)c2)c(C)c1. The third-order valence-corrected chi connectivity index (χ3v) is 9.43. The van der Waals surface area contributed by atoms with E-state index < -0.39 is 37.9 Å². The number of methoxy groups -OCH3 is 1. The lowest BCUT2D eigenvalue weighted by atomic mass is 9.87. The smallest absolute Gasteiger partial charge is 0.274 e. The minimum absolute atomic E-state index is 0.00642. The van der Waals surface area contributed by atoms with Crippen molar-refractivity contribution in [2.75, 3.05) is 25.6 Å². The lowest BCUT2D eigenvalue weighted by Crippen LogP contribution is -2.57. The highest BCUT2D eigenvalue weighted by Gasteiger charge is 2.61. The first-order chi connectivity index (χ1) is 15.4. The van der Waals surface area contributed by atoms with E-state index in [1.165, 1.54) is 31.5 Å². The Morgan fingerprint density at radius 3 is 2.76 bits per heavy atom. The molecule has 1 aromatic heterocycles. The van der Waals surface area contributed by atoms with Gasteiger partial charge in [0.15, 0.2) is 0 Å². The molecule has 1 fully saturated rings. The van der Waals surface area contributed by atoms with Crippen LogP contribution in [0.1, 0.15) is 35.5 Å². The molecule has 0 bridgehead atoms. The zero-order valence-corrected chi connectivity index (χ0v) is 19.6. The molecule has 9 nitrogen and oxygen atoms in total. The van der Waals surface area contributed by atoms with Crippen LogP contribution in [-0.4, -0.2) is 56.2 Å². The number of rotatable bonds is 4. The van der Waals surface area contributed by atoms with Crippen LogP contribution in [0.15, 0.2) is 35.5 Å². The summed E-state index contributed by atoms with van der Waals surface area (Å²) in [5, 5.41) is 1.83. The van der Waals surface area contributed by atoms with Crippen molar-refractivity contribution in [1.29, 1.82) is 0 Å². The Hall–Kier alpha value is -2.73. The molecule has 5 N–H and O–H groups in total. The summed E-state index contributed by atoms with van der Waals surface area (Å²) in [5.74, 6) is -0.569. The topological polar surface area (TPSA) is 139 Å². The second-order valence-electron chi connectivity index (χ2n) is 8.72. The molecular formula is C22H27FN4O5S. The standard InChI is InChI=1S/C22H27FN4O5S/c1-12-7-14(31-4)9-25-18(12)19(28)26-13-5-6-16(23)15(8-13)22-11-32-10-17(22)33(29,30)21(2,3)20(24)27-22/h5-9,17,29-30H,10-11H2,1-4H3,(H2,24,27)(H,26,28)/t17-,22-/m1/s1. The molecule has 1 saturated heterocycles. The summed E-state index contributed by atoms with van der Waals surface area (Å²) in [6.45, 7) is 4.85. The summed E-state index contributed by atoms with van der Waals surface area (Å²) in [7, 11) is -1.85. The lowest BCUT2D eigenvalue weighted by molar-refractivity contribution is 0.102. The van der Waals surface area contributed by atoms with Crippen molar-refractivity contribution < 1.29 is 27.8 Å². The average Bonchev–Trinajstić information content (AvgIpc) is 3.19. The number of nitrogens with one attached hydrogen (secondary N) is 1. The molecule has 4 rings (SSSR count). The van der Waals surface area contributed by atoms with Gasteiger partial charge in [0.05, 0.1) is 26.5 Å². The minimum atomic E-state index is -3.36. The van der Waals surface area contributed by atoms with Gasteiger partial charge < -0.3 is 20.5 Å². The van der Waals surface area contributed by atoms with E-state index in [9.17, 15) is 13.9 Å². The van der Waals surface area contributed by atoms with E-state index >= 15 is 4.39 Å². The Morgan fingerprint density at radius 2 is 2.09 bits per heavy atom. The molecule has 33 heavy (non-hydrogen) atoms.